The van der Waals surface area contributed by atoms with Crippen LogP contribution in [0.15, 0.2) is 46.3 Å². The molecule has 29 heavy (non-hydrogen) atoms. The van der Waals surface area contributed by atoms with Gasteiger partial charge in [-0.1, -0.05) is 30.3 Å². The van der Waals surface area contributed by atoms with Gasteiger partial charge in [0, 0.05) is 43.9 Å². The Morgan fingerprint density at radius 3 is 2.93 bits per heavy atom. The number of nitrogens with zero attached hydrogens (tertiary/aromatic N) is 4. The van der Waals surface area contributed by atoms with Gasteiger partial charge in [-0.25, -0.2) is 9.97 Å². The predicted octanol–water partition coefficient (Wildman–Crippen LogP) is 2.66. The van der Waals surface area contributed by atoms with Gasteiger partial charge in [-0.2, -0.15) is 0 Å². The maximum Gasteiger partial charge on any atom is 0.229 e. The van der Waals surface area contributed by atoms with Crippen molar-refractivity contribution in [2.24, 2.45) is 5.92 Å². The summed E-state index contributed by atoms with van der Waals surface area (Å²) in [5.41, 5.74) is 1.97. The molecule has 1 aromatic carbocycles. The standard InChI is InChI=1S/C21H20N4O3S/c26-19-11-15(12-25(19)21-22-7-9-29-21)20(27)24-8-6-17-16(13-24)23-18(28-17)10-14-4-2-1-3-5-14/h1-5,7,9,15H,6,8,10-13H2. The summed E-state index contributed by atoms with van der Waals surface area (Å²) in [4.78, 5) is 37.6. The van der Waals surface area contributed by atoms with Crippen molar-refractivity contribution in [3.05, 3.63) is 64.8 Å². The molecule has 0 aliphatic carbocycles. The van der Waals surface area contributed by atoms with Crippen LogP contribution >= 0.6 is 11.3 Å². The highest BCUT2D eigenvalue weighted by molar-refractivity contribution is 7.13. The van der Waals surface area contributed by atoms with Crippen LogP contribution in [0.5, 0.6) is 0 Å². The normalized spacial score (nSPS) is 18.9. The topological polar surface area (TPSA) is 79.5 Å². The monoisotopic (exact) mass is 408 g/mol. The van der Waals surface area contributed by atoms with Crippen molar-refractivity contribution in [1.82, 2.24) is 14.9 Å². The van der Waals surface area contributed by atoms with Gasteiger partial charge < -0.3 is 9.32 Å². The van der Waals surface area contributed by atoms with E-state index in [0.717, 1.165) is 17.0 Å². The van der Waals surface area contributed by atoms with Crippen molar-refractivity contribution in [2.75, 3.05) is 18.0 Å². The molecular formula is C21H20N4O3S. The summed E-state index contributed by atoms with van der Waals surface area (Å²) in [7, 11) is 0. The van der Waals surface area contributed by atoms with Gasteiger partial charge in [0.25, 0.3) is 0 Å². The number of hydrogen-bond acceptors (Lipinski definition) is 6. The number of benzene rings is 1. The first-order valence-corrected chi connectivity index (χ1v) is 10.6. The smallest absolute Gasteiger partial charge is 0.229 e. The molecule has 1 fully saturated rings. The van der Waals surface area contributed by atoms with Gasteiger partial charge in [-0.3, -0.25) is 14.5 Å². The van der Waals surface area contributed by atoms with Crippen molar-refractivity contribution < 1.29 is 14.0 Å². The van der Waals surface area contributed by atoms with E-state index in [9.17, 15) is 9.59 Å². The highest BCUT2D eigenvalue weighted by atomic mass is 32.1. The molecule has 148 valence electrons. The molecule has 2 amide bonds. The third-order valence-corrected chi connectivity index (χ3v) is 6.20. The Balaban J connectivity index is 1.26. The zero-order chi connectivity index (χ0) is 19.8. The Bertz CT molecular complexity index is 1030. The molecule has 2 aromatic heterocycles. The summed E-state index contributed by atoms with van der Waals surface area (Å²) in [6.45, 7) is 1.43. The molecule has 7 nitrogen and oxygen atoms in total. The first kappa shape index (κ1) is 18.1. The minimum absolute atomic E-state index is 0.00988. The van der Waals surface area contributed by atoms with E-state index < -0.39 is 0 Å². The maximum absolute atomic E-state index is 13.0. The number of rotatable bonds is 4. The summed E-state index contributed by atoms with van der Waals surface area (Å²) in [5.74, 6) is 1.19. The second-order valence-electron chi connectivity index (χ2n) is 7.37. The van der Waals surface area contributed by atoms with Crippen molar-refractivity contribution in [3.63, 3.8) is 0 Å². The minimum atomic E-state index is -0.330. The number of aromatic nitrogens is 2. The molecule has 2 aliphatic heterocycles. The largest absolute Gasteiger partial charge is 0.445 e. The Hall–Kier alpha value is -3.00. The summed E-state index contributed by atoms with van der Waals surface area (Å²) in [6.07, 6.45) is 3.20. The molecule has 0 spiro atoms. The molecule has 5 rings (SSSR count). The van der Waals surface area contributed by atoms with E-state index >= 15 is 0 Å². The van der Waals surface area contributed by atoms with Gasteiger partial charge in [0.05, 0.1) is 12.5 Å². The van der Waals surface area contributed by atoms with E-state index in [4.69, 9.17) is 4.42 Å². The molecule has 0 radical (unpaired) electrons. The number of carbonyl (C=O) groups excluding carboxylic acids is 2. The Labute approximate surface area is 172 Å². The fraction of sp³-hybridized carbons (Fsp3) is 0.333. The number of oxazole rings is 1. The molecular weight excluding hydrogens is 388 g/mol. The minimum Gasteiger partial charge on any atom is -0.445 e. The molecule has 1 unspecified atom stereocenters. The van der Waals surface area contributed by atoms with Crippen LogP contribution in [0.25, 0.3) is 0 Å². The summed E-state index contributed by atoms with van der Waals surface area (Å²) in [5, 5.41) is 2.50. The summed E-state index contributed by atoms with van der Waals surface area (Å²) >= 11 is 1.41. The van der Waals surface area contributed by atoms with Gasteiger partial charge in [0.1, 0.15) is 11.5 Å². The highest BCUT2D eigenvalue weighted by Crippen LogP contribution is 2.29. The lowest BCUT2D eigenvalue weighted by atomic mass is 10.0. The highest BCUT2D eigenvalue weighted by Gasteiger charge is 2.39. The van der Waals surface area contributed by atoms with Gasteiger partial charge in [-0.15, -0.1) is 11.3 Å². The fourth-order valence-electron chi connectivity index (χ4n) is 3.95. The SMILES string of the molecule is O=C(C1CC(=O)N(c2nccs2)C1)N1CCc2oc(Cc3ccccc3)nc2C1. The molecule has 4 heterocycles. The molecule has 8 heteroatoms. The number of amides is 2. The van der Waals surface area contributed by atoms with Crippen LogP contribution < -0.4 is 4.90 Å². The Kier molecular flexibility index (Phi) is 4.63. The molecule has 1 atom stereocenters. The Morgan fingerprint density at radius 2 is 2.14 bits per heavy atom. The zero-order valence-electron chi connectivity index (χ0n) is 15.8. The molecule has 0 N–H and O–H groups in total. The second kappa shape index (κ2) is 7.44. The van der Waals surface area contributed by atoms with Gasteiger partial charge in [-0.05, 0) is 5.56 Å². The summed E-state index contributed by atoms with van der Waals surface area (Å²) in [6, 6.07) is 10.1. The number of fused-ring (bicyclic) bond motifs is 1. The molecule has 0 saturated carbocycles. The number of hydrogen-bond donors (Lipinski definition) is 0. The average molecular weight is 408 g/mol. The number of thiazole rings is 1. The summed E-state index contributed by atoms with van der Waals surface area (Å²) < 4.78 is 5.93. The van der Waals surface area contributed by atoms with Crippen molar-refractivity contribution >= 4 is 28.3 Å². The van der Waals surface area contributed by atoms with Crippen LogP contribution in [-0.4, -0.2) is 39.8 Å². The molecule has 2 aliphatic rings. The lowest BCUT2D eigenvalue weighted by Gasteiger charge is -2.27. The first-order valence-electron chi connectivity index (χ1n) is 9.67. The van der Waals surface area contributed by atoms with Crippen LogP contribution in [0.4, 0.5) is 5.13 Å². The van der Waals surface area contributed by atoms with Crippen LogP contribution in [-0.2, 0) is 29.0 Å². The van der Waals surface area contributed by atoms with Crippen LogP contribution in [0.1, 0.15) is 29.3 Å². The van der Waals surface area contributed by atoms with E-state index in [1.807, 2.05) is 35.7 Å². The number of anilines is 1. The van der Waals surface area contributed by atoms with E-state index in [-0.39, 0.29) is 24.2 Å². The van der Waals surface area contributed by atoms with Crippen LogP contribution in [0, 0.1) is 5.92 Å². The lowest BCUT2D eigenvalue weighted by molar-refractivity contribution is -0.136. The maximum atomic E-state index is 13.0. The second-order valence-corrected chi connectivity index (χ2v) is 8.24. The lowest BCUT2D eigenvalue weighted by Crippen LogP contribution is -2.40. The van der Waals surface area contributed by atoms with E-state index in [1.165, 1.54) is 11.3 Å². The van der Waals surface area contributed by atoms with Gasteiger partial charge in [0.2, 0.25) is 11.8 Å². The molecule has 1 saturated heterocycles. The van der Waals surface area contributed by atoms with E-state index in [1.54, 1.807) is 16.0 Å². The van der Waals surface area contributed by atoms with E-state index in [2.05, 4.69) is 9.97 Å². The fourth-order valence-corrected chi connectivity index (χ4v) is 4.62. The average Bonchev–Trinajstić information content (AvgIpc) is 3.46. The quantitative estimate of drug-likeness (QED) is 0.663. The third-order valence-electron chi connectivity index (χ3n) is 5.41. The van der Waals surface area contributed by atoms with Crippen molar-refractivity contribution in [3.8, 4) is 0 Å². The predicted molar refractivity (Wildman–Crippen MR) is 107 cm³/mol. The van der Waals surface area contributed by atoms with Crippen LogP contribution in [0.2, 0.25) is 0 Å². The first-order chi connectivity index (χ1) is 14.2. The van der Waals surface area contributed by atoms with Gasteiger partial charge >= 0.3 is 0 Å². The number of carbonyl (C=O) groups is 2. The third kappa shape index (κ3) is 3.55. The van der Waals surface area contributed by atoms with E-state index in [0.29, 0.717) is 43.5 Å². The van der Waals surface area contributed by atoms with Crippen LogP contribution in [0.3, 0.4) is 0 Å². The molecule has 0 bridgehead atoms. The zero-order valence-corrected chi connectivity index (χ0v) is 16.6. The van der Waals surface area contributed by atoms with Gasteiger partial charge in [0.15, 0.2) is 11.0 Å². The molecule has 3 aromatic rings. The Morgan fingerprint density at radius 1 is 1.28 bits per heavy atom. The van der Waals surface area contributed by atoms with Crippen molar-refractivity contribution in [2.45, 2.75) is 25.8 Å². The van der Waals surface area contributed by atoms with Crippen molar-refractivity contribution in [1.29, 1.82) is 0 Å².